The van der Waals surface area contributed by atoms with Gasteiger partial charge >= 0.3 is 11.9 Å². The number of hydrogen-bond acceptors (Lipinski definition) is 19. The lowest BCUT2D eigenvalue weighted by Crippen LogP contribution is -2.43. The summed E-state index contributed by atoms with van der Waals surface area (Å²) in [5, 5.41) is 1.24. The van der Waals surface area contributed by atoms with Crippen LogP contribution < -0.4 is 0 Å². The molecule has 2 rings (SSSR count). The van der Waals surface area contributed by atoms with Gasteiger partial charge < -0.3 is 14.3 Å². The van der Waals surface area contributed by atoms with E-state index in [1.807, 2.05) is 112 Å². The van der Waals surface area contributed by atoms with Crippen LogP contribution in [0.15, 0.2) is 0 Å². The average molecular weight is 1390 g/mol. The number of ether oxygens (including phenoxy) is 2. The summed E-state index contributed by atoms with van der Waals surface area (Å²) in [7, 11) is 18.0. The van der Waals surface area contributed by atoms with Crippen LogP contribution in [0.1, 0.15) is 256 Å². The number of aromatic nitrogens is 1. The van der Waals surface area contributed by atoms with Gasteiger partial charge in [0.15, 0.2) is 0 Å². The van der Waals surface area contributed by atoms with Gasteiger partial charge in [0.2, 0.25) is 0 Å². The molecule has 514 valence electrons. The molecule has 1 aliphatic rings. The van der Waals surface area contributed by atoms with Crippen LogP contribution in [0.2, 0.25) is 0 Å². The van der Waals surface area contributed by atoms with Gasteiger partial charge in [-0.3, -0.25) is 28.9 Å². The van der Waals surface area contributed by atoms with Crippen LogP contribution in [0.5, 0.6) is 0 Å². The summed E-state index contributed by atoms with van der Waals surface area (Å²) in [4.78, 5) is 76.4. The SMILES string of the molecule is C.CC(=O)CC(C)CC(=O)CCCSSCCC(C)C.CC(C)CCSSCCCC(=O)CC(C)C.CCCN(C(C)C)C1CCc2nc(C)sc2C1.COC(=O)CC(C)CC(=O)CCCSSCCC(C)C.COC(=O)CCCSSCCC(C)C. The number of carbonyl (C=O) groups is 6. The molecule has 0 amide bonds. The first-order valence-electron chi connectivity index (χ1n) is 32.5. The second-order valence-electron chi connectivity index (χ2n) is 25.1. The van der Waals surface area contributed by atoms with Crippen LogP contribution in [0.3, 0.4) is 0 Å². The highest BCUT2D eigenvalue weighted by molar-refractivity contribution is 8.77. The molecule has 87 heavy (non-hydrogen) atoms. The molecular weight excluding hydrogens is 1260 g/mol. The number of aryl methyl sites for hydroxylation is 2. The van der Waals surface area contributed by atoms with Gasteiger partial charge in [0.1, 0.15) is 23.1 Å². The Morgan fingerprint density at radius 3 is 1.23 bits per heavy atom. The quantitative estimate of drug-likeness (QED) is 0.0347. The number of fused-ring (bicyclic) bond motifs is 1. The van der Waals surface area contributed by atoms with E-state index in [-0.39, 0.29) is 42.8 Å². The van der Waals surface area contributed by atoms with Gasteiger partial charge in [-0.05, 0) is 153 Å². The zero-order valence-electron chi connectivity index (χ0n) is 57.7. The number of methoxy groups -OCH3 is 2. The predicted molar refractivity (Wildman–Crippen MR) is 402 cm³/mol. The van der Waals surface area contributed by atoms with Crippen molar-refractivity contribution < 1.29 is 38.2 Å². The first-order valence-corrected chi connectivity index (χ1v) is 43.3. The van der Waals surface area contributed by atoms with Gasteiger partial charge in [-0.1, -0.05) is 184 Å². The minimum absolute atomic E-state index is 0. The minimum Gasteiger partial charge on any atom is -0.469 e. The van der Waals surface area contributed by atoms with E-state index in [0.717, 1.165) is 91.2 Å². The normalized spacial score (nSPS) is 13.3. The standard InChI is InChI=1S/C15H28O3S2.C15H28O2S2.C14H24N2S.C13H26OS2.C10H20O2S2.CH4/c1-12(2)7-9-20-19-8-5-6-14(16)10-13(3)11-15(17)18-4;1-12(2)7-9-19-18-8-5-6-15(17)11-13(3)10-14(4)16;1-5-8-16(10(2)3)12-6-7-13-14(9-12)17-11(4)15-13;1-11(2)7-9-16-15-8-5-6-13(14)10-12(3)4;1-9(2)6-8-14-13-7-4-5-10(11)12-3;/h12-13H,5-11H2,1-4H3;12-13H,5-11H2,1-4H3;10,12H,5-9H2,1-4H3;11-12H,5-10H2,1-4H3;9H,4-8H2,1-3H3;1H4. The largest absolute Gasteiger partial charge is 0.469 e. The van der Waals surface area contributed by atoms with Crippen molar-refractivity contribution in [3.05, 3.63) is 15.6 Å². The van der Waals surface area contributed by atoms with Crippen molar-refractivity contribution in [3.8, 4) is 0 Å². The Kier molecular flexibility index (Phi) is 68.1. The summed E-state index contributed by atoms with van der Waals surface area (Å²) in [5.41, 5.74) is 1.38. The Bertz CT molecular complexity index is 1830. The monoisotopic (exact) mass is 1390 g/mol. The molecule has 0 aliphatic heterocycles. The molecule has 10 nitrogen and oxygen atoms in total. The molecule has 1 heterocycles. The van der Waals surface area contributed by atoms with E-state index in [4.69, 9.17) is 0 Å². The van der Waals surface area contributed by atoms with E-state index < -0.39 is 0 Å². The highest BCUT2D eigenvalue weighted by atomic mass is 33.1. The smallest absolute Gasteiger partial charge is 0.305 e. The summed E-state index contributed by atoms with van der Waals surface area (Å²) in [6.45, 7) is 37.9. The number of rotatable bonds is 46. The van der Waals surface area contributed by atoms with Crippen LogP contribution >= 0.6 is 97.7 Å². The summed E-state index contributed by atoms with van der Waals surface area (Å²) >= 11 is 1.90. The average Bonchev–Trinajstić information content (AvgIpc) is 2.80. The van der Waals surface area contributed by atoms with Gasteiger partial charge in [0.25, 0.3) is 0 Å². The molecule has 0 N–H and O–H groups in total. The topological polar surface area (TPSA) is 137 Å². The van der Waals surface area contributed by atoms with Crippen molar-refractivity contribution in [2.24, 2.45) is 41.4 Å². The lowest BCUT2D eigenvalue weighted by molar-refractivity contribution is -0.142. The van der Waals surface area contributed by atoms with Gasteiger partial charge in [-0.2, -0.15) is 0 Å². The lowest BCUT2D eigenvalue weighted by Gasteiger charge is -2.36. The predicted octanol–water partition coefficient (Wildman–Crippen LogP) is 21.4. The van der Waals surface area contributed by atoms with Gasteiger partial charge in [0.05, 0.1) is 24.9 Å². The Balaban J connectivity index is -0.000000496. The summed E-state index contributed by atoms with van der Waals surface area (Å²) in [6, 6.07) is 1.40. The Morgan fingerprint density at radius 1 is 0.517 bits per heavy atom. The number of Topliss-reactive ketones (excluding diaryl/α,β-unsaturated/α-hetero) is 4. The second-order valence-corrected chi connectivity index (χ2v) is 37.2. The first-order chi connectivity index (χ1) is 40.7. The van der Waals surface area contributed by atoms with Gasteiger partial charge in [-0.25, -0.2) is 4.98 Å². The third-order valence-electron chi connectivity index (χ3n) is 13.1. The lowest BCUT2D eigenvalue weighted by atomic mass is 9.95. The van der Waals surface area contributed by atoms with Crippen molar-refractivity contribution in [1.82, 2.24) is 9.88 Å². The minimum atomic E-state index is -0.234. The molecular formula is C68H130N2O8S9. The number of thiazole rings is 1. The van der Waals surface area contributed by atoms with Gasteiger partial charge in [-0.15, -0.1) is 11.3 Å². The summed E-state index contributed by atoms with van der Waals surface area (Å²) < 4.78 is 9.15. The maximum atomic E-state index is 11.7. The molecule has 0 aromatic carbocycles. The van der Waals surface area contributed by atoms with Crippen LogP contribution in [0.4, 0.5) is 0 Å². The molecule has 3 unspecified atom stereocenters. The zero-order chi connectivity index (χ0) is 65.7. The van der Waals surface area contributed by atoms with E-state index in [9.17, 15) is 28.8 Å². The maximum Gasteiger partial charge on any atom is 0.305 e. The second kappa shape index (κ2) is 63.4. The summed E-state index contributed by atoms with van der Waals surface area (Å²) in [5.74, 6) is 13.9. The third kappa shape index (κ3) is 65.9. The fourth-order valence-electron chi connectivity index (χ4n) is 8.40. The van der Waals surface area contributed by atoms with E-state index in [2.05, 4.69) is 116 Å². The molecule has 3 atom stereocenters. The molecule has 1 aromatic rings. The molecule has 0 spiro atoms. The fraction of sp³-hybridized carbons (Fsp3) is 0.868. The number of hydrogen-bond donors (Lipinski definition) is 0. The molecule has 0 bridgehead atoms. The highest BCUT2D eigenvalue weighted by Gasteiger charge is 2.27. The Morgan fingerprint density at radius 2 is 0.885 bits per heavy atom. The van der Waals surface area contributed by atoms with E-state index in [1.165, 1.54) is 106 Å². The number of esters is 2. The van der Waals surface area contributed by atoms with Crippen molar-refractivity contribution in [3.63, 3.8) is 0 Å². The number of ketones is 4. The Labute approximate surface area is 572 Å². The molecule has 19 heteroatoms. The number of carbonyl (C=O) groups excluding carboxylic acids is 6. The highest BCUT2D eigenvalue weighted by Crippen LogP contribution is 2.31. The van der Waals surface area contributed by atoms with Gasteiger partial charge in [0, 0.05) is 121 Å². The molecule has 0 saturated heterocycles. The molecule has 0 radical (unpaired) electrons. The van der Waals surface area contributed by atoms with Crippen LogP contribution in [-0.2, 0) is 51.1 Å². The molecule has 1 aliphatic carbocycles. The van der Waals surface area contributed by atoms with Crippen molar-refractivity contribution in [2.75, 3.05) is 66.8 Å². The van der Waals surface area contributed by atoms with E-state index in [1.54, 1.807) is 11.8 Å². The van der Waals surface area contributed by atoms with E-state index >= 15 is 0 Å². The first kappa shape index (κ1) is 93.4. The molecule has 1 aromatic heterocycles. The van der Waals surface area contributed by atoms with Crippen molar-refractivity contribution >= 4 is 133 Å². The maximum absolute atomic E-state index is 11.7. The fourth-order valence-corrected chi connectivity index (χ4v) is 19.1. The summed E-state index contributed by atoms with van der Waals surface area (Å²) in [6.07, 6.45) is 19.2. The molecule has 0 saturated carbocycles. The van der Waals surface area contributed by atoms with Crippen molar-refractivity contribution in [1.29, 1.82) is 0 Å². The van der Waals surface area contributed by atoms with Crippen molar-refractivity contribution in [2.45, 2.75) is 272 Å². The number of nitrogens with zero attached hydrogens (tertiary/aromatic N) is 2. The zero-order valence-corrected chi connectivity index (χ0v) is 65.1. The third-order valence-corrected chi connectivity index (χ3v) is 24.3. The van der Waals surface area contributed by atoms with Crippen LogP contribution in [-0.4, -0.2) is 124 Å². The van der Waals surface area contributed by atoms with E-state index in [0.29, 0.717) is 68.5 Å². The Hall–Kier alpha value is 0.01000. The molecule has 0 fully saturated rings. The van der Waals surface area contributed by atoms with Crippen LogP contribution in [0, 0.1) is 48.3 Å². The van der Waals surface area contributed by atoms with Crippen LogP contribution in [0.25, 0.3) is 0 Å².